The van der Waals surface area contributed by atoms with Crippen LogP contribution in [-0.2, 0) is 4.79 Å². The van der Waals surface area contributed by atoms with Crippen LogP contribution in [0.4, 0.5) is 0 Å². The van der Waals surface area contributed by atoms with Gasteiger partial charge in [0.05, 0.1) is 0 Å². The van der Waals surface area contributed by atoms with E-state index in [4.69, 9.17) is 10.2 Å². The van der Waals surface area contributed by atoms with Crippen molar-refractivity contribution in [2.45, 2.75) is 103 Å². The third-order valence-corrected chi connectivity index (χ3v) is 4.05. The van der Waals surface area contributed by atoms with E-state index in [1.807, 2.05) is 0 Å². The number of carbonyl (C=O) groups is 1. The van der Waals surface area contributed by atoms with Crippen LogP contribution in [0.5, 0.6) is 0 Å². The first-order valence-corrected chi connectivity index (χ1v) is 9.10. The molecule has 0 spiro atoms. The Bertz CT molecular complexity index is 222. The molecule has 0 aliphatic heterocycles. The van der Waals surface area contributed by atoms with Gasteiger partial charge in [-0.1, -0.05) is 83.5 Å². The van der Waals surface area contributed by atoms with Gasteiger partial charge in [0, 0.05) is 13.0 Å². The zero-order valence-corrected chi connectivity index (χ0v) is 13.8. The molecule has 0 aromatic heterocycles. The third kappa shape index (κ3) is 22.7. The summed E-state index contributed by atoms with van der Waals surface area (Å²) in [5.74, 6) is -0.664. The average Bonchev–Trinajstić information content (AvgIpc) is 2.46. The molecule has 0 bridgehead atoms. The van der Waals surface area contributed by atoms with E-state index in [0.717, 1.165) is 19.3 Å². The summed E-state index contributed by atoms with van der Waals surface area (Å²) >= 11 is 0. The van der Waals surface area contributed by atoms with Gasteiger partial charge in [0.25, 0.3) is 0 Å². The van der Waals surface area contributed by atoms with Crippen LogP contribution >= 0.6 is 0 Å². The summed E-state index contributed by atoms with van der Waals surface area (Å²) in [4.78, 5) is 10.3. The van der Waals surface area contributed by atoms with Crippen LogP contribution in [0.3, 0.4) is 0 Å². The standard InChI is InChI=1S/C18H36O3.Na.H/c19-17-15-13-11-9-7-5-3-1-2-4-6-8-10-12-14-16-18(20)21;;/h19H,1-17H2,(H,20,21);;. The number of aliphatic carboxylic acids is 1. The van der Waals surface area contributed by atoms with Crippen LogP contribution in [-0.4, -0.2) is 52.3 Å². The van der Waals surface area contributed by atoms with Crippen LogP contribution in [0, 0.1) is 0 Å². The molecule has 0 rings (SSSR count). The van der Waals surface area contributed by atoms with Gasteiger partial charge < -0.3 is 10.2 Å². The Morgan fingerprint density at radius 1 is 0.545 bits per heavy atom. The first-order valence-electron chi connectivity index (χ1n) is 9.10. The van der Waals surface area contributed by atoms with Crippen molar-refractivity contribution >= 4 is 35.5 Å². The fraction of sp³-hybridized carbons (Fsp3) is 0.944. The molecule has 128 valence electrons. The SMILES string of the molecule is O=C(O)CCCCCCCCCCCCCCCCCO.[NaH]. The van der Waals surface area contributed by atoms with E-state index in [-0.39, 0.29) is 29.6 Å². The zero-order valence-electron chi connectivity index (χ0n) is 13.8. The van der Waals surface area contributed by atoms with E-state index >= 15 is 0 Å². The molecule has 4 heteroatoms. The van der Waals surface area contributed by atoms with Gasteiger partial charge in [0.15, 0.2) is 0 Å². The van der Waals surface area contributed by atoms with E-state index < -0.39 is 5.97 Å². The van der Waals surface area contributed by atoms with Crippen molar-refractivity contribution in [1.82, 2.24) is 0 Å². The van der Waals surface area contributed by atoms with Gasteiger partial charge in [0.1, 0.15) is 0 Å². The second kappa shape index (κ2) is 21.4. The van der Waals surface area contributed by atoms with Gasteiger partial charge in [0.2, 0.25) is 0 Å². The number of hydrogen-bond acceptors (Lipinski definition) is 2. The van der Waals surface area contributed by atoms with Crippen molar-refractivity contribution in [3.63, 3.8) is 0 Å². The molecule has 0 fully saturated rings. The molecule has 22 heavy (non-hydrogen) atoms. The number of hydrogen-bond donors (Lipinski definition) is 2. The molecule has 0 heterocycles. The molecule has 0 radical (unpaired) electrons. The van der Waals surface area contributed by atoms with Crippen molar-refractivity contribution in [3.05, 3.63) is 0 Å². The van der Waals surface area contributed by atoms with Gasteiger partial charge >= 0.3 is 35.5 Å². The first kappa shape index (κ1) is 24.7. The summed E-state index contributed by atoms with van der Waals surface area (Å²) in [6.07, 6.45) is 19.0. The Balaban J connectivity index is 0. The Hall–Kier alpha value is 0.430. The minimum absolute atomic E-state index is 0. The predicted octanol–water partition coefficient (Wildman–Crippen LogP) is 4.66. The maximum atomic E-state index is 10.3. The van der Waals surface area contributed by atoms with Gasteiger partial charge in [-0.25, -0.2) is 0 Å². The molecule has 0 unspecified atom stereocenters. The van der Waals surface area contributed by atoms with E-state index in [2.05, 4.69) is 0 Å². The second-order valence-corrected chi connectivity index (χ2v) is 6.17. The van der Waals surface area contributed by atoms with Gasteiger partial charge in [-0.2, -0.15) is 0 Å². The molecule has 3 nitrogen and oxygen atoms in total. The molecule has 0 aliphatic carbocycles. The van der Waals surface area contributed by atoms with Crippen molar-refractivity contribution in [1.29, 1.82) is 0 Å². The number of carboxylic acid groups (broad SMARTS) is 1. The molecular formula is C18H37NaO3. The Kier molecular flexibility index (Phi) is 24.0. The third-order valence-electron chi connectivity index (χ3n) is 4.05. The average molecular weight is 324 g/mol. The summed E-state index contributed by atoms with van der Waals surface area (Å²) in [6, 6.07) is 0. The minimum atomic E-state index is -0.664. The fourth-order valence-corrected chi connectivity index (χ4v) is 2.69. The van der Waals surface area contributed by atoms with Crippen LogP contribution in [0.1, 0.15) is 103 Å². The van der Waals surface area contributed by atoms with Crippen LogP contribution in [0.25, 0.3) is 0 Å². The Labute approximate surface area is 159 Å². The Morgan fingerprint density at radius 2 is 0.818 bits per heavy atom. The molecule has 0 aromatic carbocycles. The topological polar surface area (TPSA) is 57.5 Å². The van der Waals surface area contributed by atoms with Crippen LogP contribution < -0.4 is 0 Å². The Morgan fingerprint density at radius 3 is 1.09 bits per heavy atom. The van der Waals surface area contributed by atoms with E-state index in [1.165, 1.54) is 77.0 Å². The molecule has 2 N–H and O–H groups in total. The number of rotatable bonds is 17. The van der Waals surface area contributed by atoms with Gasteiger partial charge in [-0.05, 0) is 12.8 Å². The van der Waals surface area contributed by atoms with Crippen molar-refractivity contribution < 1.29 is 15.0 Å². The molecule has 0 saturated carbocycles. The number of aliphatic hydroxyl groups is 1. The second-order valence-electron chi connectivity index (χ2n) is 6.17. The number of aliphatic hydroxyl groups excluding tert-OH is 1. The molecule has 0 aliphatic rings. The summed E-state index contributed by atoms with van der Waals surface area (Å²) in [5.41, 5.74) is 0. The van der Waals surface area contributed by atoms with Crippen LogP contribution in [0.2, 0.25) is 0 Å². The fourth-order valence-electron chi connectivity index (χ4n) is 2.69. The summed E-state index contributed by atoms with van der Waals surface area (Å²) < 4.78 is 0. The molecule has 0 atom stereocenters. The van der Waals surface area contributed by atoms with E-state index in [9.17, 15) is 4.79 Å². The van der Waals surface area contributed by atoms with Gasteiger partial charge in [-0.15, -0.1) is 0 Å². The summed E-state index contributed by atoms with van der Waals surface area (Å²) in [6.45, 7) is 0.347. The summed E-state index contributed by atoms with van der Waals surface area (Å²) in [5, 5.41) is 17.2. The van der Waals surface area contributed by atoms with E-state index in [0.29, 0.717) is 13.0 Å². The van der Waals surface area contributed by atoms with Crippen LogP contribution in [0.15, 0.2) is 0 Å². The molecule has 0 aromatic rings. The summed E-state index contributed by atoms with van der Waals surface area (Å²) in [7, 11) is 0. The zero-order chi connectivity index (χ0) is 15.6. The van der Waals surface area contributed by atoms with Crippen molar-refractivity contribution in [3.8, 4) is 0 Å². The van der Waals surface area contributed by atoms with Crippen molar-refractivity contribution in [2.24, 2.45) is 0 Å². The monoisotopic (exact) mass is 324 g/mol. The molecular weight excluding hydrogens is 287 g/mol. The number of carboxylic acids is 1. The predicted molar refractivity (Wildman–Crippen MR) is 95.7 cm³/mol. The quantitative estimate of drug-likeness (QED) is 0.302. The maximum absolute atomic E-state index is 10.3. The normalized spacial score (nSPS) is 10.4. The molecule has 0 saturated heterocycles. The van der Waals surface area contributed by atoms with Gasteiger partial charge in [-0.3, -0.25) is 4.79 Å². The van der Waals surface area contributed by atoms with Crippen molar-refractivity contribution in [2.75, 3.05) is 6.61 Å². The number of unbranched alkanes of at least 4 members (excludes halogenated alkanes) is 14. The first-order chi connectivity index (χ1) is 10.3. The van der Waals surface area contributed by atoms with E-state index in [1.54, 1.807) is 0 Å². The molecule has 0 amide bonds.